The molecule has 3 nitrogen and oxygen atoms in total. The maximum atomic E-state index is 11.1. The topological polar surface area (TPSA) is 43.4 Å². The number of ether oxygens (including phenoxy) is 1. The molecule has 0 N–H and O–H groups in total. The van der Waals surface area contributed by atoms with E-state index < -0.39 is 11.9 Å². The van der Waals surface area contributed by atoms with Crippen molar-refractivity contribution in [3.8, 4) is 0 Å². The monoisotopic (exact) mass is 236 g/mol. The fourth-order valence-corrected chi connectivity index (χ4v) is 1.80. The van der Waals surface area contributed by atoms with Gasteiger partial charge in [0.15, 0.2) is 0 Å². The predicted octanol–water partition coefficient (Wildman–Crippen LogP) is 3.16. The molecule has 1 rings (SSSR count). The summed E-state index contributed by atoms with van der Waals surface area (Å²) in [7, 11) is 0. The number of carbonyl (C=O) groups excluding carboxylic acids is 2. The van der Waals surface area contributed by atoms with Crippen molar-refractivity contribution in [3.63, 3.8) is 0 Å². The third-order valence-corrected chi connectivity index (χ3v) is 2.80. The molecular weight excluding hydrogens is 216 g/mol. The molecule has 1 aliphatic rings. The summed E-state index contributed by atoms with van der Waals surface area (Å²) < 4.78 is 4.46. The maximum Gasteiger partial charge on any atom is 0.321 e. The first-order chi connectivity index (χ1) is 8.24. The number of hydrogen-bond donors (Lipinski definition) is 0. The van der Waals surface area contributed by atoms with Gasteiger partial charge in [-0.1, -0.05) is 31.1 Å². The molecule has 1 aliphatic heterocycles. The summed E-state index contributed by atoms with van der Waals surface area (Å²) in [4.78, 5) is 21.9. The van der Waals surface area contributed by atoms with Gasteiger partial charge in [0.05, 0.1) is 12.3 Å². The van der Waals surface area contributed by atoms with Crippen LogP contribution in [0.2, 0.25) is 0 Å². The highest BCUT2D eigenvalue weighted by molar-refractivity contribution is 5.95. The Kier molecular flexibility index (Phi) is 6.30. The van der Waals surface area contributed by atoms with E-state index in [0.29, 0.717) is 0 Å². The number of allylic oxidation sites excluding steroid dienone is 2. The van der Waals surface area contributed by atoms with Crippen molar-refractivity contribution in [3.05, 3.63) is 24.8 Å². The SMILES string of the molecule is C=CCCCCCCC=CC1CC(=O)OC1=O. The van der Waals surface area contributed by atoms with Crippen molar-refractivity contribution in [1.29, 1.82) is 0 Å². The smallest absolute Gasteiger partial charge is 0.321 e. The Bertz CT molecular complexity index is 305. The zero-order valence-corrected chi connectivity index (χ0v) is 10.2. The van der Waals surface area contributed by atoms with E-state index in [1.54, 1.807) is 6.08 Å². The summed E-state index contributed by atoms with van der Waals surface area (Å²) in [5.74, 6) is -1.16. The second-order valence-corrected chi connectivity index (χ2v) is 4.31. The van der Waals surface area contributed by atoms with Crippen molar-refractivity contribution in [2.45, 2.75) is 44.9 Å². The van der Waals surface area contributed by atoms with Gasteiger partial charge in [0, 0.05) is 0 Å². The van der Waals surface area contributed by atoms with E-state index in [9.17, 15) is 9.59 Å². The van der Waals surface area contributed by atoms with Crippen LogP contribution in [0.3, 0.4) is 0 Å². The van der Waals surface area contributed by atoms with Crippen molar-refractivity contribution < 1.29 is 14.3 Å². The molecule has 1 atom stereocenters. The van der Waals surface area contributed by atoms with Crippen LogP contribution in [-0.2, 0) is 14.3 Å². The molecule has 1 heterocycles. The van der Waals surface area contributed by atoms with Gasteiger partial charge in [-0.25, -0.2) is 0 Å². The van der Waals surface area contributed by atoms with Gasteiger partial charge in [-0.15, -0.1) is 6.58 Å². The largest absolute Gasteiger partial charge is 0.393 e. The standard InChI is InChI=1S/C14H20O3/c1-2-3-4-5-6-7-8-9-10-12-11-13(15)17-14(12)16/h2,9-10,12H,1,3-8,11H2. The predicted molar refractivity (Wildman–Crippen MR) is 66.2 cm³/mol. The molecule has 0 aliphatic carbocycles. The molecule has 0 bridgehead atoms. The zero-order chi connectivity index (χ0) is 12.5. The fraction of sp³-hybridized carbons (Fsp3) is 0.571. The lowest BCUT2D eigenvalue weighted by Gasteiger charge is -1.97. The minimum Gasteiger partial charge on any atom is -0.393 e. The van der Waals surface area contributed by atoms with E-state index in [0.717, 1.165) is 19.3 Å². The minimum atomic E-state index is -0.408. The number of cyclic esters (lactones) is 2. The van der Waals surface area contributed by atoms with E-state index in [1.165, 1.54) is 19.3 Å². The molecule has 0 aromatic heterocycles. The van der Waals surface area contributed by atoms with Gasteiger partial charge in [-0.2, -0.15) is 0 Å². The van der Waals surface area contributed by atoms with Crippen LogP contribution in [-0.4, -0.2) is 11.9 Å². The lowest BCUT2D eigenvalue weighted by atomic mass is 10.1. The number of rotatable bonds is 8. The van der Waals surface area contributed by atoms with Gasteiger partial charge in [-0.05, 0) is 25.7 Å². The average molecular weight is 236 g/mol. The molecule has 0 radical (unpaired) electrons. The molecule has 0 aromatic rings. The summed E-state index contributed by atoms with van der Waals surface area (Å²) in [6.45, 7) is 3.68. The highest BCUT2D eigenvalue weighted by Gasteiger charge is 2.30. The number of esters is 2. The molecule has 0 aromatic carbocycles. The molecule has 1 unspecified atom stereocenters. The summed E-state index contributed by atoms with van der Waals surface area (Å²) in [5.41, 5.74) is 0. The Morgan fingerprint density at radius 3 is 2.47 bits per heavy atom. The van der Waals surface area contributed by atoms with Crippen LogP contribution in [0.25, 0.3) is 0 Å². The number of hydrogen-bond acceptors (Lipinski definition) is 3. The molecule has 0 spiro atoms. The van der Waals surface area contributed by atoms with Gasteiger partial charge >= 0.3 is 11.9 Å². The zero-order valence-electron chi connectivity index (χ0n) is 10.2. The summed E-state index contributed by atoms with van der Waals surface area (Å²) in [6, 6.07) is 0. The minimum absolute atomic E-state index is 0.203. The molecule has 1 saturated heterocycles. The van der Waals surface area contributed by atoms with Crippen molar-refractivity contribution in [2.24, 2.45) is 5.92 Å². The Balaban J connectivity index is 2.04. The highest BCUT2D eigenvalue weighted by Crippen LogP contribution is 2.17. The quantitative estimate of drug-likeness (QED) is 0.281. The van der Waals surface area contributed by atoms with Crippen LogP contribution in [0.4, 0.5) is 0 Å². The van der Waals surface area contributed by atoms with Gasteiger partial charge in [-0.3, -0.25) is 9.59 Å². The third-order valence-electron chi connectivity index (χ3n) is 2.80. The van der Waals surface area contributed by atoms with Crippen molar-refractivity contribution in [2.75, 3.05) is 0 Å². The Morgan fingerprint density at radius 1 is 1.18 bits per heavy atom. The van der Waals surface area contributed by atoms with Crippen LogP contribution in [0.1, 0.15) is 44.9 Å². The van der Waals surface area contributed by atoms with Crippen LogP contribution in [0.5, 0.6) is 0 Å². The Morgan fingerprint density at radius 2 is 1.88 bits per heavy atom. The molecule has 0 amide bonds. The van der Waals surface area contributed by atoms with Gasteiger partial charge in [0.2, 0.25) is 0 Å². The van der Waals surface area contributed by atoms with Gasteiger partial charge < -0.3 is 4.74 Å². The number of carbonyl (C=O) groups is 2. The maximum absolute atomic E-state index is 11.1. The first kappa shape index (κ1) is 13.7. The van der Waals surface area contributed by atoms with Crippen LogP contribution >= 0.6 is 0 Å². The Hall–Kier alpha value is -1.38. The fourth-order valence-electron chi connectivity index (χ4n) is 1.80. The van der Waals surface area contributed by atoms with Crippen LogP contribution in [0, 0.1) is 5.92 Å². The molecule has 3 heteroatoms. The van der Waals surface area contributed by atoms with E-state index in [-0.39, 0.29) is 12.3 Å². The molecular formula is C14H20O3. The highest BCUT2D eigenvalue weighted by atomic mass is 16.6. The van der Waals surface area contributed by atoms with E-state index in [4.69, 9.17) is 0 Å². The van der Waals surface area contributed by atoms with E-state index in [2.05, 4.69) is 11.3 Å². The third kappa shape index (κ3) is 5.48. The second kappa shape index (κ2) is 7.82. The Labute approximate surface area is 103 Å². The lowest BCUT2D eigenvalue weighted by molar-refractivity contribution is -0.152. The summed E-state index contributed by atoms with van der Waals surface area (Å²) in [5, 5.41) is 0. The van der Waals surface area contributed by atoms with E-state index in [1.807, 2.05) is 12.2 Å². The van der Waals surface area contributed by atoms with Crippen molar-refractivity contribution in [1.82, 2.24) is 0 Å². The normalized spacial score (nSPS) is 19.9. The molecule has 0 saturated carbocycles. The second-order valence-electron chi connectivity index (χ2n) is 4.31. The first-order valence-corrected chi connectivity index (χ1v) is 6.26. The van der Waals surface area contributed by atoms with Crippen LogP contribution in [0.15, 0.2) is 24.8 Å². The summed E-state index contributed by atoms with van der Waals surface area (Å²) >= 11 is 0. The number of unbranched alkanes of at least 4 members (excludes halogenated alkanes) is 5. The lowest BCUT2D eigenvalue weighted by Crippen LogP contribution is -2.03. The molecule has 17 heavy (non-hydrogen) atoms. The van der Waals surface area contributed by atoms with Crippen LogP contribution < -0.4 is 0 Å². The molecule has 94 valence electrons. The first-order valence-electron chi connectivity index (χ1n) is 6.26. The van der Waals surface area contributed by atoms with Gasteiger partial charge in [0.25, 0.3) is 0 Å². The average Bonchev–Trinajstić information content (AvgIpc) is 2.61. The van der Waals surface area contributed by atoms with E-state index >= 15 is 0 Å². The van der Waals surface area contributed by atoms with Gasteiger partial charge in [0.1, 0.15) is 0 Å². The molecule has 1 fully saturated rings. The summed E-state index contributed by atoms with van der Waals surface area (Å²) in [6.07, 6.45) is 12.8. The van der Waals surface area contributed by atoms with Crippen molar-refractivity contribution >= 4 is 11.9 Å².